The Bertz CT molecular complexity index is 747. The van der Waals surface area contributed by atoms with Gasteiger partial charge in [-0.15, -0.1) is 0 Å². The first-order valence-electron chi connectivity index (χ1n) is 8.75. The lowest BCUT2D eigenvalue weighted by atomic mass is 10.1. The predicted octanol–water partition coefficient (Wildman–Crippen LogP) is 3.31. The molecule has 2 aromatic carbocycles. The lowest BCUT2D eigenvalue weighted by Gasteiger charge is -2.29. The lowest BCUT2D eigenvalue weighted by Crippen LogP contribution is -2.49. The van der Waals surface area contributed by atoms with E-state index in [1.807, 2.05) is 44.2 Å². The highest BCUT2D eigenvalue weighted by Gasteiger charge is 2.27. The van der Waals surface area contributed by atoms with E-state index in [0.717, 1.165) is 5.56 Å². The van der Waals surface area contributed by atoms with E-state index in [4.69, 9.17) is 0 Å². The van der Waals surface area contributed by atoms with Gasteiger partial charge in [0.15, 0.2) is 0 Å². The molecule has 0 aliphatic heterocycles. The molecule has 4 nitrogen and oxygen atoms in total. The first kappa shape index (κ1) is 19.6. The summed E-state index contributed by atoms with van der Waals surface area (Å²) < 4.78 is 13.9. The second-order valence-corrected chi connectivity index (χ2v) is 6.61. The van der Waals surface area contributed by atoms with Crippen molar-refractivity contribution in [2.45, 2.75) is 45.8 Å². The molecule has 0 heterocycles. The van der Waals surface area contributed by atoms with Crippen LogP contribution in [0, 0.1) is 5.82 Å². The highest BCUT2D eigenvalue weighted by Crippen LogP contribution is 2.14. The zero-order chi connectivity index (χ0) is 19.1. The van der Waals surface area contributed by atoms with Gasteiger partial charge >= 0.3 is 0 Å². The number of benzene rings is 2. The Morgan fingerprint density at radius 3 is 2.23 bits per heavy atom. The fourth-order valence-electron chi connectivity index (χ4n) is 2.67. The van der Waals surface area contributed by atoms with Crippen LogP contribution in [-0.2, 0) is 22.6 Å². The minimum atomic E-state index is -0.656. The largest absolute Gasteiger partial charge is 0.352 e. The highest BCUT2D eigenvalue weighted by atomic mass is 19.1. The Morgan fingerprint density at radius 1 is 1.00 bits per heavy atom. The molecular weight excluding hydrogens is 331 g/mol. The number of carbonyl (C=O) groups excluding carboxylic acids is 2. The van der Waals surface area contributed by atoms with Gasteiger partial charge in [-0.25, -0.2) is 4.39 Å². The number of nitrogens with one attached hydrogen (secondary N) is 1. The smallest absolute Gasteiger partial charge is 0.242 e. The standard InChI is InChI=1S/C21H25FN2O2/c1-15(2)23-21(26)16(3)24(14-17-9-5-4-6-10-17)20(25)13-18-11-7-8-12-19(18)22/h4-12,15-16H,13-14H2,1-3H3,(H,23,26)/t16-/m0/s1. The molecule has 0 spiro atoms. The van der Waals surface area contributed by atoms with Crippen molar-refractivity contribution >= 4 is 11.8 Å². The lowest BCUT2D eigenvalue weighted by molar-refractivity contribution is -0.140. The third kappa shape index (κ3) is 5.41. The van der Waals surface area contributed by atoms with E-state index in [0.29, 0.717) is 12.1 Å². The van der Waals surface area contributed by atoms with Crippen molar-refractivity contribution in [1.82, 2.24) is 10.2 Å². The maximum absolute atomic E-state index is 13.9. The van der Waals surface area contributed by atoms with Crippen molar-refractivity contribution in [3.8, 4) is 0 Å². The average molecular weight is 356 g/mol. The van der Waals surface area contributed by atoms with Crippen LogP contribution < -0.4 is 5.32 Å². The molecule has 1 atom stereocenters. The van der Waals surface area contributed by atoms with Crippen LogP contribution in [0.1, 0.15) is 31.9 Å². The van der Waals surface area contributed by atoms with E-state index in [1.165, 1.54) is 11.0 Å². The van der Waals surface area contributed by atoms with Crippen molar-refractivity contribution < 1.29 is 14.0 Å². The molecule has 0 saturated carbocycles. The predicted molar refractivity (Wildman–Crippen MR) is 99.8 cm³/mol. The van der Waals surface area contributed by atoms with Crippen LogP contribution in [0.4, 0.5) is 4.39 Å². The summed E-state index contributed by atoms with van der Waals surface area (Å²) in [5.41, 5.74) is 1.24. The number of nitrogens with zero attached hydrogens (tertiary/aromatic N) is 1. The number of halogens is 1. The second-order valence-electron chi connectivity index (χ2n) is 6.61. The number of rotatable bonds is 7. The van der Waals surface area contributed by atoms with E-state index >= 15 is 0 Å². The normalized spacial score (nSPS) is 11.9. The molecular formula is C21H25FN2O2. The molecule has 2 rings (SSSR count). The molecule has 2 aromatic rings. The number of hydrogen-bond acceptors (Lipinski definition) is 2. The van der Waals surface area contributed by atoms with Crippen LogP contribution in [0.3, 0.4) is 0 Å². The highest BCUT2D eigenvalue weighted by molar-refractivity contribution is 5.88. The van der Waals surface area contributed by atoms with Gasteiger partial charge in [-0.1, -0.05) is 48.5 Å². The summed E-state index contributed by atoms with van der Waals surface area (Å²) in [5.74, 6) is -0.928. The Hall–Kier alpha value is -2.69. The first-order valence-corrected chi connectivity index (χ1v) is 8.75. The molecule has 138 valence electrons. The number of hydrogen-bond donors (Lipinski definition) is 1. The molecule has 1 N–H and O–H groups in total. The van der Waals surface area contributed by atoms with E-state index in [2.05, 4.69) is 5.32 Å². The van der Waals surface area contributed by atoms with Gasteiger partial charge in [-0.3, -0.25) is 9.59 Å². The van der Waals surface area contributed by atoms with Crippen molar-refractivity contribution in [1.29, 1.82) is 0 Å². The Balaban J connectivity index is 2.22. The second kappa shape index (κ2) is 9.13. The molecule has 2 amide bonds. The summed E-state index contributed by atoms with van der Waals surface area (Å²) in [6.45, 7) is 5.72. The maximum atomic E-state index is 13.9. The van der Waals surface area contributed by atoms with Gasteiger partial charge in [0.1, 0.15) is 11.9 Å². The molecule has 0 radical (unpaired) electrons. The maximum Gasteiger partial charge on any atom is 0.242 e. The van der Waals surface area contributed by atoms with Crippen molar-refractivity contribution in [2.24, 2.45) is 0 Å². The van der Waals surface area contributed by atoms with Crippen molar-refractivity contribution in [2.75, 3.05) is 0 Å². The van der Waals surface area contributed by atoms with Gasteiger partial charge in [0.25, 0.3) is 0 Å². The molecule has 0 saturated heterocycles. The topological polar surface area (TPSA) is 49.4 Å². The molecule has 0 aliphatic carbocycles. The van der Waals surface area contributed by atoms with Gasteiger partial charge in [0.05, 0.1) is 6.42 Å². The third-order valence-electron chi connectivity index (χ3n) is 4.09. The third-order valence-corrected chi connectivity index (χ3v) is 4.09. The van der Waals surface area contributed by atoms with E-state index in [-0.39, 0.29) is 24.3 Å². The summed E-state index contributed by atoms with van der Waals surface area (Å²) in [5, 5.41) is 2.83. The van der Waals surface area contributed by atoms with Gasteiger partial charge in [-0.05, 0) is 38.0 Å². The molecule has 0 aromatic heterocycles. The summed E-state index contributed by atoms with van der Waals surface area (Å²) >= 11 is 0. The molecule has 26 heavy (non-hydrogen) atoms. The van der Waals surface area contributed by atoms with Crippen LogP contribution in [-0.4, -0.2) is 28.8 Å². The Labute approximate surface area is 154 Å². The molecule has 0 unspecified atom stereocenters. The molecule has 0 fully saturated rings. The van der Waals surface area contributed by atoms with Crippen LogP contribution in [0.5, 0.6) is 0 Å². The van der Waals surface area contributed by atoms with Gasteiger partial charge in [0, 0.05) is 12.6 Å². The fourth-order valence-corrected chi connectivity index (χ4v) is 2.67. The molecule has 0 bridgehead atoms. The van der Waals surface area contributed by atoms with Crippen LogP contribution in [0.2, 0.25) is 0 Å². The van der Waals surface area contributed by atoms with E-state index in [9.17, 15) is 14.0 Å². The van der Waals surface area contributed by atoms with Gasteiger partial charge in [-0.2, -0.15) is 0 Å². The quantitative estimate of drug-likeness (QED) is 0.827. The summed E-state index contributed by atoms with van der Waals surface area (Å²) in [6.07, 6.45) is -0.0845. The summed E-state index contributed by atoms with van der Waals surface area (Å²) in [4.78, 5) is 26.8. The number of carbonyl (C=O) groups is 2. The monoisotopic (exact) mass is 356 g/mol. The van der Waals surface area contributed by atoms with Crippen molar-refractivity contribution in [3.63, 3.8) is 0 Å². The fraction of sp³-hybridized carbons (Fsp3) is 0.333. The average Bonchev–Trinajstić information content (AvgIpc) is 2.61. The van der Waals surface area contributed by atoms with Gasteiger partial charge < -0.3 is 10.2 Å². The number of amides is 2. The Kier molecular flexibility index (Phi) is 6.89. The zero-order valence-corrected chi connectivity index (χ0v) is 15.4. The summed E-state index contributed by atoms with van der Waals surface area (Å²) in [7, 11) is 0. The SMILES string of the molecule is CC(C)NC(=O)[C@H](C)N(Cc1ccccc1)C(=O)Cc1ccccc1F. The van der Waals surface area contributed by atoms with Crippen LogP contribution >= 0.6 is 0 Å². The van der Waals surface area contributed by atoms with E-state index < -0.39 is 11.9 Å². The summed E-state index contributed by atoms with van der Waals surface area (Å²) in [6, 6.07) is 15.0. The molecule has 5 heteroatoms. The van der Waals surface area contributed by atoms with Crippen molar-refractivity contribution in [3.05, 3.63) is 71.5 Å². The van der Waals surface area contributed by atoms with E-state index in [1.54, 1.807) is 25.1 Å². The minimum Gasteiger partial charge on any atom is -0.352 e. The van der Waals surface area contributed by atoms with Gasteiger partial charge in [0.2, 0.25) is 11.8 Å². The zero-order valence-electron chi connectivity index (χ0n) is 15.4. The van der Waals surface area contributed by atoms with Crippen LogP contribution in [0.15, 0.2) is 54.6 Å². The Morgan fingerprint density at radius 2 is 1.62 bits per heavy atom. The molecule has 0 aliphatic rings. The van der Waals surface area contributed by atoms with Crippen LogP contribution in [0.25, 0.3) is 0 Å². The first-order chi connectivity index (χ1) is 12.4. The minimum absolute atomic E-state index is 0.0230.